The normalized spacial score (nSPS) is 18.2. The molecule has 0 saturated heterocycles. The lowest BCUT2D eigenvalue weighted by atomic mass is 9.89. The van der Waals surface area contributed by atoms with Crippen LogP contribution >= 0.6 is 0 Å². The predicted octanol–water partition coefficient (Wildman–Crippen LogP) is 3.77. The van der Waals surface area contributed by atoms with Crippen LogP contribution in [0.3, 0.4) is 0 Å². The molecule has 1 aliphatic carbocycles. The highest BCUT2D eigenvalue weighted by Crippen LogP contribution is 2.37. The van der Waals surface area contributed by atoms with Crippen LogP contribution in [0, 0.1) is 16.0 Å². The number of fused-ring (bicyclic) bond motifs is 1. The molecule has 0 bridgehead atoms. The summed E-state index contributed by atoms with van der Waals surface area (Å²) in [4.78, 5) is 46.3. The van der Waals surface area contributed by atoms with Crippen molar-refractivity contribution in [2.75, 3.05) is 18.0 Å². The molecule has 33 heavy (non-hydrogen) atoms. The Morgan fingerprint density at radius 3 is 2.67 bits per heavy atom. The van der Waals surface area contributed by atoms with Gasteiger partial charge in [-0.3, -0.25) is 24.6 Å². The Kier molecular flexibility index (Phi) is 5.16. The maximum atomic E-state index is 13.0. The first-order chi connectivity index (χ1) is 16.0. The minimum Gasteiger partial charge on any atom is -0.346 e. The van der Waals surface area contributed by atoms with Crippen LogP contribution < -0.4 is 4.90 Å². The van der Waals surface area contributed by atoms with Crippen LogP contribution in [0.5, 0.6) is 0 Å². The molecule has 5 rings (SSSR count). The Morgan fingerprint density at radius 1 is 1.27 bits per heavy atom. The second-order valence-corrected chi connectivity index (χ2v) is 8.59. The zero-order chi connectivity index (χ0) is 23.1. The summed E-state index contributed by atoms with van der Waals surface area (Å²) in [6, 6.07) is 9.85. The number of carbonyl (C=O) groups excluding carboxylic acids is 2. The molecular weight excluding hydrogens is 422 g/mol. The summed E-state index contributed by atoms with van der Waals surface area (Å²) < 4.78 is 0. The van der Waals surface area contributed by atoms with Gasteiger partial charge in [0.05, 0.1) is 4.92 Å². The molecule has 1 aromatic carbocycles. The van der Waals surface area contributed by atoms with Crippen LogP contribution in [-0.2, 0) is 4.79 Å². The van der Waals surface area contributed by atoms with Crippen molar-refractivity contribution in [1.29, 1.82) is 0 Å². The highest BCUT2D eigenvalue weighted by atomic mass is 16.6. The van der Waals surface area contributed by atoms with E-state index in [0.29, 0.717) is 24.5 Å². The summed E-state index contributed by atoms with van der Waals surface area (Å²) >= 11 is 0. The Bertz CT molecular complexity index is 1280. The number of carbonyl (C=O) groups is 2. The van der Waals surface area contributed by atoms with Crippen LogP contribution in [0.25, 0.3) is 16.6 Å². The number of non-ortho nitro benzene ring substituents is 1. The Morgan fingerprint density at radius 2 is 2.03 bits per heavy atom. The van der Waals surface area contributed by atoms with Gasteiger partial charge in [0.25, 0.3) is 11.6 Å². The fourth-order valence-electron chi connectivity index (χ4n) is 4.44. The van der Waals surface area contributed by atoms with E-state index in [9.17, 15) is 19.7 Å². The number of aromatic nitrogens is 2. The summed E-state index contributed by atoms with van der Waals surface area (Å²) in [7, 11) is 0. The van der Waals surface area contributed by atoms with Crippen LogP contribution in [0.4, 0.5) is 11.5 Å². The number of amides is 2. The second-order valence-electron chi connectivity index (χ2n) is 8.59. The number of hydrogen-bond acceptors (Lipinski definition) is 5. The number of nitro benzene ring substituents is 1. The standard InChI is InChI=1S/C24H23N5O4/c1-15-13-27(24(31)16-2-4-18(5-3-16)29(32)33)11-9-19(15)21-12-22(28(14-30)17-6-7-17)26-23-20(21)8-10-25-23/h2-5,8-10,12,14-15,17H,6-7,11,13H2,1H3,(H,25,26). The molecule has 1 aliphatic heterocycles. The molecule has 9 nitrogen and oxygen atoms in total. The number of benzene rings is 1. The van der Waals surface area contributed by atoms with Crippen LogP contribution in [0.1, 0.15) is 35.7 Å². The van der Waals surface area contributed by atoms with Gasteiger partial charge < -0.3 is 9.88 Å². The van der Waals surface area contributed by atoms with Gasteiger partial charge in [0.1, 0.15) is 11.5 Å². The van der Waals surface area contributed by atoms with E-state index in [0.717, 1.165) is 41.4 Å². The Balaban J connectivity index is 1.44. The van der Waals surface area contributed by atoms with Crippen molar-refractivity contribution in [3.8, 4) is 0 Å². The van der Waals surface area contributed by atoms with Crippen LogP contribution in [0.15, 0.2) is 48.7 Å². The number of nitro groups is 1. The van der Waals surface area contributed by atoms with Crippen LogP contribution in [-0.4, -0.2) is 51.2 Å². The minimum atomic E-state index is -0.480. The van der Waals surface area contributed by atoms with Gasteiger partial charge in [0.15, 0.2) is 0 Å². The molecule has 9 heteroatoms. The second kappa shape index (κ2) is 8.16. The smallest absolute Gasteiger partial charge is 0.269 e. The van der Waals surface area contributed by atoms with Crippen molar-refractivity contribution < 1.29 is 14.5 Å². The van der Waals surface area contributed by atoms with E-state index in [1.54, 1.807) is 9.80 Å². The first-order valence-corrected chi connectivity index (χ1v) is 10.9. The minimum absolute atomic E-state index is 0.0414. The molecule has 2 aliphatic rings. The maximum absolute atomic E-state index is 13.0. The average molecular weight is 445 g/mol. The topological polar surface area (TPSA) is 112 Å². The van der Waals surface area contributed by atoms with Crippen molar-refractivity contribution in [3.63, 3.8) is 0 Å². The zero-order valence-electron chi connectivity index (χ0n) is 18.1. The van der Waals surface area contributed by atoms with Crippen LogP contribution in [0.2, 0.25) is 0 Å². The van der Waals surface area contributed by atoms with E-state index < -0.39 is 4.92 Å². The molecule has 1 unspecified atom stereocenters. The molecule has 0 spiro atoms. The SMILES string of the molecule is CC1CN(C(=O)c2ccc([N+](=O)[O-])cc2)CC=C1c1cc(N(C=O)C2CC2)nc2[nH]ccc12. The number of H-pyrrole nitrogens is 1. The van der Waals surface area contributed by atoms with Gasteiger partial charge in [-0.05, 0) is 54.2 Å². The van der Waals surface area contributed by atoms with Crippen molar-refractivity contribution in [2.45, 2.75) is 25.8 Å². The molecule has 0 radical (unpaired) electrons. The summed E-state index contributed by atoms with van der Waals surface area (Å²) in [6.45, 7) is 3.02. The predicted molar refractivity (Wildman–Crippen MR) is 124 cm³/mol. The summed E-state index contributed by atoms with van der Waals surface area (Å²) in [5, 5.41) is 11.9. The Labute approximate surface area is 189 Å². The number of nitrogens with zero attached hydrogens (tertiary/aromatic N) is 4. The summed E-state index contributed by atoms with van der Waals surface area (Å²) in [6.07, 6.45) is 6.70. The molecule has 168 valence electrons. The van der Waals surface area contributed by atoms with E-state index in [2.05, 4.69) is 16.9 Å². The maximum Gasteiger partial charge on any atom is 0.269 e. The number of rotatable bonds is 6. The van der Waals surface area contributed by atoms with Crippen molar-refractivity contribution in [1.82, 2.24) is 14.9 Å². The number of pyridine rings is 1. The Hall–Kier alpha value is -4.01. The van der Waals surface area contributed by atoms with Crippen molar-refractivity contribution in [3.05, 3.63) is 69.9 Å². The van der Waals surface area contributed by atoms with E-state index in [1.165, 1.54) is 24.3 Å². The molecule has 1 atom stereocenters. The molecule has 2 aromatic heterocycles. The average Bonchev–Trinajstić information content (AvgIpc) is 3.54. The zero-order valence-corrected chi connectivity index (χ0v) is 18.1. The number of anilines is 1. The van der Waals surface area contributed by atoms with Gasteiger partial charge >= 0.3 is 0 Å². The summed E-state index contributed by atoms with van der Waals surface area (Å²) in [5.74, 6) is 0.532. The van der Waals surface area contributed by atoms with E-state index in [-0.39, 0.29) is 23.6 Å². The van der Waals surface area contributed by atoms with Crippen molar-refractivity contribution >= 4 is 40.4 Å². The lowest BCUT2D eigenvalue weighted by Gasteiger charge is -2.32. The molecule has 3 heterocycles. The highest BCUT2D eigenvalue weighted by molar-refractivity contribution is 5.97. The quantitative estimate of drug-likeness (QED) is 0.353. The lowest BCUT2D eigenvalue weighted by Crippen LogP contribution is -2.38. The monoisotopic (exact) mass is 445 g/mol. The largest absolute Gasteiger partial charge is 0.346 e. The first-order valence-electron chi connectivity index (χ1n) is 10.9. The summed E-state index contributed by atoms with van der Waals surface area (Å²) in [5.41, 5.74) is 3.24. The molecule has 2 amide bonds. The third kappa shape index (κ3) is 3.86. The van der Waals surface area contributed by atoms with E-state index in [1.807, 2.05) is 24.4 Å². The molecule has 1 saturated carbocycles. The third-order valence-corrected chi connectivity index (χ3v) is 6.31. The van der Waals surface area contributed by atoms with E-state index in [4.69, 9.17) is 0 Å². The number of aromatic amines is 1. The van der Waals surface area contributed by atoms with E-state index >= 15 is 0 Å². The van der Waals surface area contributed by atoms with Gasteiger partial charge in [0, 0.05) is 48.4 Å². The highest BCUT2D eigenvalue weighted by Gasteiger charge is 2.31. The molecule has 3 aromatic rings. The number of nitrogens with one attached hydrogen (secondary N) is 1. The van der Waals surface area contributed by atoms with Gasteiger partial charge in [-0.25, -0.2) is 4.98 Å². The van der Waals surface area contributed by atoms with Crippen molar-refractivity contribution in [2.24, 2.45) is 5.92 Å². The third-order valence-electron chi connectivity index (χ3n) is 6.31. The van der Waals surface area contributed by atoms with Gasteiger partial charge in [0.2, 0.25) is 6.41 Å². The fourth-order valence-corrected chi connectivity index (χ4v) is 4.44. The van der Waals surface area contributed by atoms with Gasteiger partial charge in [-0.1, -0.05) is 13.0 Å². The molecule has 1 fully saturated rings. The first kappa shape index (κ1) is 20.9. The molecule has 1 N–H and O–H groups in total. The number of hydrogen-bond donors (Lipinski definition) is 1. The van der Waals surface area contributed by atoms with Gasteiger partial charge in [-0.2, -0.15) is 0 Å². The lowest BCUT2D eigenvalue weighted by molar-refractivity contribution is -0.384. The molecular formula is C24H23N5O4. The van der Waals surface area contributed by atoms with Gasteiger partial charge in [-0.15, -0.1) is 0 Å². The fraction of sp³-hybridized carbons (Fsp3) is 0.292.